The zero-order valence-corrected chi connectivity index (χ0v) is 12.2. The average molecular weight is 279 g/mol. The van der Waals surface area contributed by atoms with Crippen LogP contribution >= 0.6 is 11.3 Å². The van der Waals surface area contributed by atoms with Gasteiger partial charge in [0.1, 0.15) is 11.6 Å². The largest absolute Gasteiger partial charge is 0.468 e. The van der Waals surface area contributed by atoms with Gasteiger partial charge in [0, 0.05) is 6.42 Å². The van der Waals surface area contributed by atoms with E-state index in [4.69, 9.17) is 4.74 Å². The molecule has 0 aliphatic rings. The minimum absolute atomic E-state index is 0.254. The number of hydrogen-bond donors (Lipinski definition) is 0. The summed E-state index contributed by atoms with van der Waals surface area (Å²) in [5, 5.41) is 2.04. The average Bonchev–Trinajstić information content (AvgIpc) is 2.92. The molecule has 0 bridgehead atoms. The summed E-state index contributed by atoms with van der Waals surface area (Å²) >= 11 is 1.66. The molecule has 0 aliphatic heterocycles. The highest BCUT2D eigenvalue weighted by Gasteiger charge is 2.36. The van der Waals surface area contributed by atoms with Crippen molar-refractivity contribution in [3.63, 3.8) is 0 Å². The zero-order chi connectivity index (χ0) is 13.9. The van der Waals surface area contributed by atoms with Crippen molar-refractivity contribution in [3.05, 3.63) is 52.5 Å². The van der Waals surface area contributed by atoms with Gasteiger partial charge in [-0.3, -0.25) is 4.90 Å². The van der Waals surface area contributed by atoms with Crippen LogP contribution < -0.4 is 4.74 Å². The van der Waals surface area contributed by atoms with Crippen molar-refractivity contribution >= 4 is 11.3 Å². The van der Waals surface area contributed by atoms with E-state index in [0.717, 1.165) is 11.3 Å². The van der Waals surface area contributed by atoms with Crippen molar-refractivity contribution in [2.75, 3.05) is 14.1 Å². The first-order valence-electron chi connectivity index (χ1n) is 6.24. The van der Waals surface area contributed by atoms with E-state index in [1.807, 2.05) is 25.5 Å². The number of thiophene rings is 1. The van der Waals surface area contributed by atoms with Gasteiger partial charge < -0.3 is 4.74 Å². The number of halogens is 1. The zero-order valence-electron chi connectivity index (χ0n) is 11.4. The van der Waals surface area contributed by atoms with Crippen molar-refractivity contribution in [1.82, 2.24) is 4.90 Å². The number of rotatable bonds is 5. The van der Waals surface area contributed by atoms with Gasteiger partial charge in [0.15, 0.2) is 5.72 Å². The van der Waals surface area contributed by atoms with E-state index in [0.29, 0.717) is 5.75 Å². The minimum Gasteiger partial charge on any atom is -0.468 e. The van der Waals surface area contributed by atoms with Crippen LogP contribution in [0.3, 0.4) is 0 Å². The van der Waals surface area contributed by atoms with E-state index in [1.54, 1.807) is 23.5 Å². The van der Waals surface area contributed by atoms with E-state index in [9.17, 15) is 4.39 Å². The summed E-state index contributed by atoms with van der Waals surface area (Å²) in [6.45, 7) is 2.09. The molecule has 1 aromatic carbocycles. The van der Waals surface area contributed by atoms with Crippen LogP contribution in [0.15, 0.2) is 41.8 Å². The van der Waals surface area contributed by atoms with Gasteiger partial charge in [0.2, 0.25) is 0 Å². The van der Waals surface area contributed by atoms with E-state index >= 15 is 0 Å². The van der Waals surface area contributed by atoms with Gasteiger partial charge in [-0.25, -0.2) is 4.39 Å². The third kappa shape index (κ3) is 2.80. The Morgan fingerprint density at radius 3 is 2.37 bits per heavy atom. The molecule has 19 heavy (non-hydrogen) atoms. The topological polar surface area (TPSA) is 12.5 Å². The van der Waals surface area contributed by atoms with Crippen LogP contribution in [0.1, 0.15) is 18.2 Å². The van der Waals surface area contributed by atoms with Crippen LogP contribution in [0.5, 0.6) is 5.75 Å². The quantitative estimate of drug-likeness (QED) is 0.764. The van der Waals surface area contributed by atoms with Gasteiger partial charge in [0.05, 0.1) is 4.88 Å². The van der Waals surface area contributed by atoms with Crippen LogP contribution in [-0.2, 0) is 5.72 Å². The molecule has 1 unspecified atom stereocenters. The molecular weight excluding hydrogens is 261 g/mol. The van der Waals surface area contributed by atoms with Gasteiger partial charge in [-0.05, 0) is 49.8 Å². The number of hydrogen-bond acceptors (Lipinski definition) is 3. The molecule has 0 amide bonds. The molecule has 2 nitrogen and oxygen atoms in total. The van der Waals surface area contributed by atoms with Gasteiger partial charge >= 0.3 is 0 Å². The fourth-order valence-corrected chi connectivity index (χ4v) is 3.14. The monoisotopic (exact) mass is 279 g/mol. The van der Waals surface area contributed by atoms with Crippen molar-refractivity contribution < 1.29 is 9.13 Å². The van der Waals surface area contributed by atoms with Crippen LogP contribution in [0.2, 0.25) is 0 Å². The molecule has 0 saturated heterocycles. The Labute approximate surface area is 117 Å². The Kier molecular flexibility index (Phi) is 4.22. The highest BCUT2D eigenvalue weighted by atomic mass is 32.1. The lowest BCUT2D eigenvalue weighted by atomic mass is 10.1. The Balaban J connectivity index is 2.36. The lowest BCUT2D eigenvalue weighted by Gasteiger charge is -2.38. The molecule has 0 aliphatic carbocycles. The van der Waals surface area contributed by atoms with Gasteiger partial charge in [-0.15, -0.1) is 11.3 Å². The van der Waals surface area contributed by atoms with Gasteiger partial charge in [0.25, 0.3) is 0 Å². The molecule has 0 fully saturated rings. The number of ether oxygens (including phenoxy) is 1. The predicted octanol–water partition coefficient (Wildman–Crippen LogP) is 4.09. The highest BCUT2D eigenvalue weighted by molar-refractivity contribution is 7.10. The molecule has 1 heterocycles. The van der Waals surface area contributed by atoms with Gasteiger partial charge in [-0.1, -0.05) is 13.0 Å². The van der Waals surface area contributed by atoms with Crippen molar-refractivity contribution in [3.8, 4) is 5.75 Å². The summed E-state index contributed by atoms with van der Waals surface area (Å²) in [6.07, 6.45) is 0.803. The van der Waals surface area contributed by atoms with Crippen LogP contribution in [-0.4, -0.2) is 19.0 Å². The van der Waals surface area contributed by atoms with Crippen molar-refractivity contribution in [2.24, 2.45) is 0 Å². The lowest BCUT2D eigenvalue weighted by Crippen LogP contribution is -2.45. The molecule has 0 N–H and O–H groups in total. The SMILES string of the molecule is CCC(Oc1ccc(F)cc1)(c1cccs1)N(C)C. The fraction of sp³-hybridized carbons (Fsp3) is 0.333. The lowest BCUT2D eigenvalue weighted by molar-refractivity contribution is -0.0643. The van der Waals surface area contributed by atoms with E-state index < -0.39 is 5.72 Å². The Hall–Kier alpha value is -1.39. The standard InChI is InChI=1S/C15H18FNOS/c1-4-15(17(2)3,14-6-5-11-19-14)18-13-9-7-12(16)8-10-13/h5-11H,4H2,1-3H3. The number of nitrogens with zero attached hydrogens (tertiary/aromatic N) is 1. The third-order valence-corrected chi connectivity index (χ3v) is 4.21. The van der Waals surface area contributed by atoms with Gasteiger partial charge in [-0.2, -0.15) is 0 Å². The first-order valence-corrected chi connectivity index (χ1v) is 7.12. The summed E-state index contributed by atoms with van der Waals surface area (Å²) in [7, 11) is 3.99. The molecule has 102 valence electrons. The first kappa shape index (κ1) is 14.0. The molecule has 0 radical (unpaired) electrons. The Morgan fingerprint density at radius 1 is 1.21 bits per heavy atom. The maximum atomic E-state index is 13.0. The molecular formula is C15H18FNOS. The second-order valence-electron chi connectivity index (χ2n) is 4.57. The summed E-state index contributed by atoms with van der Waals surface area (Å²) in [4.78, 5) is 3.20. The molecule has 2 rings (SSSR count). The predicted molar refractivity (Wildman–Crippen MR) is 77.0 cm³/mol. The van der Waals surface area contributed by atoms with Crippen molar-refractivity contribution in [2.45, 2.75) is 19.1 Å². The van der Waals surface area contributed by atoms with E-state index in [1.165, 1.54) is 12.1 Å². The van der Waals surface area contributed by atoms with E-state index in [-0.39, 0.29) is 5.82 Å². The van der Waals surface area contributed by atoms with Crippen LogP contribution in [0.4, 0.5) is 4.39 Å². The fourth-order valence-electron chi connectivity index (χ4n) is 2.12. The Morgan fingerprint density at radius 2 is 1.89 bits per heavy atom. The molecule has 1 aromatic heterocycles. The molecule has 2 aromatic rings. The summed E-state index contributed by atoms with van der Waals surface area (Å²) in [5.41, 5.74) is -0.508. The minimum atomic E-state index is -0.508. The van der Waals surface area contributed by atoms with Crippen LogP contribution in [0.25, 0.3) is 0 Å². The third-order valence-electron chi connectivity index (χ3n) is 3.21. The first-order chi connectivity index (χ1) is 9.08. The smallest absolute Gasteiger partial charge is 0.198 e. The summed E-state index contributed by atoms with van der Waals surface area (Å²) in [5.74, 6) is 0.417. The summed E-state index contributed by atoms with van der Waals surface area (Å²) < 4.78 is 19.2. The molecule has 0 spiro atoms. The second-order valence-corrected chi connectivity index (χ2v) is 5.51. The number of benzene rings is 1. The van der Waals surface area contributed by atoms with E-state index in [2.05, 4.69) is 17.9 Å². The molecule has 1 atom stereocenters. The molecule has 0 saturated carbocycles. The Bertz CT molecular complexity index is 509. The maximum absolute atomic E-state index is 13.0. The molecule has 4 heteroatoms. The highest BCUT2D eigenvalue weighted by Crippen LogP contribution is 2.36. The normalized spacial score (nSPS) is 14.4. The van der Waals surface area contributed by atoms with Crippen molar-refractivity contribution in [1.29, 1.82) is 0 Å². The van der Waals surface area contributed by atoms with Crippen LogP contribution in [0, 0.1) is 5.82 Å². The maximum Gasteiger partial charge on any atom is 0.198 e. The summed E-state index contributed by atoms with van der Waals surface area (Å²) in [6, 6.07) is 10.2. The second kappa shape index (κ2) is 5.72.